The van der Waals surface area contributed by atoms with Gasteiger partial charge >= 0.3 is 5.97 Å². The molecule has 0 saturated carbocycles. The lowest BCUT2D eigenvalue weighted by atomic mass is 10.1. The van der Waals surface area contributed by atoms with E-state index in [1.165, 1.54) is 20.3 Å². The lowest BCUT2D eigenvalue weighted by Crippen LogP contribution is -2.20. The molecule has 2 rings (SSSR count). The molecule has 0 unspecified atom stereocenters. The molecule has 0 aliphatic rings. The Morgan fingerprint density at radius 3 is 2.50 bits per heavy atom. The van der Waals surface area contributed by atoms with E-state index in [9.17, 15) is 9.18 Å². The molecule has 0 saturated heterocycles. The molecule has 0 aliphatic carbocycles. The molecule has 152 valence electrons. The van der Waals surface area contributed by atoms with Crippen LogP contribution in [0.5, 0.6) is 17.4 Å². The van der Waals surface area contributed by atoms with E-state index < -0.39 is 11.8 Å². The fourth-order valence-electron chi connectivity index (χ4n) is 2.73. The number of aromatic nitrogens is 1. The van der Waals surface area contributed by atoms with Crippen molar-refractivity contribution in [1.29, 1.82) is 0 Å². The third-order valence-electron chi connectivity index (χ3n) is 4.24. The van der Waals surface area contributed by atoms with Crippen molar-refractivity contribution in [1.82, 2.24) is 4.98 Å². The number of methoxy groups -OCH3 is 2. The van der Waals surface area contributed by atoms with Crippen LogP contribution in [0.2, 0.25) is 5.02 Å². The fraction of sp³-hybridized carbons (Fsp3) is 0.400. The van der Waals surface area contributed by atoms with Crippen LogP contribution in [-0.4, -0.2) is 31.2 Å². The maximum Gasteiger partial charge on any atom is 0.345 e. The normalized spacial score (nSPS) is 10.7. The van der Waals surface area contributed by atoms with Crippen LogP contribution in [0, 0.1) is 12.7 Å². The Bertz CT molecular complexity index is 857. The summed E-state index contributed by atoms with van der Waals surface area (Å²) >= 11 is 5.87. The molecule has 28 heavy (non-hydrogen) atoms. The van der Waals surface area contributed by atoms with Crippen LogP contribution in [0.15, 0.2) is 18.2 Å². The summed E-state index contributed by atoms with van der Waals surface area (Å²) in [4.78, 5) is 16.8. The second-order valence-corrected chi connectivity index (χ2v) is 6.60. The predicted octanol–water partition coefficient (Wildman–Crippen LogP) is 5.37. The molecule has 0 bridgehead atoms. The average molecular weight is 411 g/mol. The van der Waals surface area contributed by atoms with Crippen molar-refractivity contribution in [3.8, 4) is 17.4 Å². The van der Waals surface area contributed by atoms with Crippen LogP contribution in [0.25, 0.3) is 0 Å². The van der Waals surface area contributed by atoms with Crippen LogP contribution in [0.1, 0.15) is 42.7 Å². The van der Waals surface area contributed by atoms with Gasteiger partial charge in [-0.25, -0.2) is 14.2 Å². The summed E-state index contributed by atoms with van der Waals surface area (Å²) in [6.07, 6.45) is 1.71. The van der Waals surface area contributed by atoms with Crippen LogP contribution >= 0.6 is 11.6 Å². The molecule has 6 nitrogen and oxygen atoms in total. The van der Waals surface area contributed by atoms with Gasteiger partial charge in [-0.2, -0.15) is 0 Å². The smallest absolute Gasteiger partial charge is 0.345 e. The summed E-state index contributed by atoms with van der Waals surface area (Å²) in [5, 5.41) is 3.47. The van der Waals surface area contributed by atoms with Crippen LogP contribution < -0.4 is 14.8 Å². The van der Waals surface area contributed by atoms with E-state index in [1.54, 1.807) is 13.0 Å². The Kier molecular flexibility index (Phi) is 7.45. The van der Waals surface area contributed by atoms with E-state index in [4.69, 9.17) is 25.8 Å². The number of anilines is 1. The van der Waals surface area contributed by atoms with Crippen LogP contribution in [0.4, 0.5) is 10.1 Å². The van der Waals surface area contributed by atoms with Gasteiger partial charge in [0.1, 0.15) is 5.56 Å². The lowest BCUT2D eigenvalue weighted by Gasteiger charge is -2.21. The third-order valence-corrected chi connectivity index (χ3v) is 4.46. The third kappa shape index (κ3) is 4.84. The molecule has 0 radical (unpaired) electrons. The van der Waals surface area contributed by atoms with E-state index >= 15 is 0 Å². The molecular formula is C20H24ClFN2O4. The zero-order chi connectivity index (χ0) is 20.8. The summed E-state index contributed by atoms with van der Waals surface area (Å²) in [5.74, 6) is -1.61. The summed E-state index contributed by atoms with van der Waals surface area (Å²) in [6.45, 7) is 5.83. The molecule has 0 fully saturated rings. The van der Waals surface area contributed by atoms with Gasteiger partial charge in [-0.15, -0.1) is 0 Å². The predicted molar refractivity (Wildman–Crippen MR) is 106 cm³/mol. The molecule has 0 spiro atoms. The number of aryl methyl sites for hydroxylation is 1. The molecule has 8 heteroatoms. The molecule has 2 aromatic rings. The Morgan fingerprint density at radius 2 is 1.93 bits per heavy atom. The standard InChI is InChI=1S/C20H24ClFN2O4/c1-6-13(7-2)24-15-8-11(3)23-19(17(15)20(25)27-5)28-18-14(22)9-12(21)10-16(18)26-4/h8-10,13H,6-7H2,1-5H3,(H,23,24). The van der Waals surface area contributed by atoms with Gasteiger partial charge < -0.3 is 19.5 Å². The maximum absolute atomic E-state index is 14.5. The molecule has 0 aliphatic heterocycles. The number of carbonyl (C=O) groups excluding carboxylic acids is 1. The molecule has 0 amide bonds. The van der Waals surface area contributed by atoms with Crippen molar-refractivity contribution < 1.29 is 23.4 Å². The minimum atomic E-state index is -0.738. The molecule has 1 N–H and O–H groups in total. The van der Waals surface area contributed by atoms with E-state index in [1.807, 2.05) is 13.8 Å². The minimum absolute atomic E-state index is 0.0800. The van der Waals surface area contributed by atoms with Gasteiger partial charge in [-0.3, -0.25) is 0 Å². The molecule has 1 aromatic heterocycles. The first-order valence-corrected chi connectivity index (χ1v) is 9.29. The van der Waals surface area contributed by atoms with Crippen molar-refractivity contribution in [2.45, 2.75) is 39.7 Å². The second-order valence-electron chi connectivity index (χ2n) is 6.16. The summed E-state index contributed by atoms with van der Waals surface area (Å²) < 4.78 is 30.2. The highest BCUT2D eigenvalue weighted by atomic mass is 35.5. The van der Waals surface area contributed by atoms with Gasteiger partial charge in [0.05, 0.1) is 19.9 Å². The van der Waals surface area contributed by atoms with E-state index in [2.05, 4.69) is 10.3 Å². The van der Waals surface area contributed by atoms with Crippen molar-refractivity contribution in [2.24, 2.45) is 0 Å². The number of pyridine rings is 1. The molecule has 0 atom stereocenters. The molecular weight excluding hydrogens is 387 g/mol. The Morgan fingerprint density at radius 1 is 1.25 bits per heavy atom. The zero-order valence-corrected chi connectivity index (χ0v) is 17.3. The zero-order valence-electron chi connectivity index (χ0n) is 16.6. The number of ether oxygens (including phenoxy) is 3. The van der Waals surface area contributed by atoms with Crippen molar-refractivity contribution in [2.75, 3.05) is 19.5 Å². The number of halogens is 2. The maximum atomic E-state index is 14.5. The van der Waals surface area contributed by atoms with Gasteiger partial charge in [0.25, 0.3) is 0 Å². The lowest BCUT2D eigenvalue weighted by molar-refractivity contribution is 0.0598. The fourth-order valence-corrected chi connectivity index (χ4v) is 2.92. The Balaban J connectivity index is 2.61. The van der Waals surface area contributed by atoms with Crippen molar-refractivity contribution >= 4 is 23.3 Å². The number of nitrogens with zero attached hydrogens (tertiary/aromatic N) is 1. The second kappa shape index (κ2) is 9.59. The Labute approximate surface area is 169 Å². The van der Waals surface area contributed by atoms with E-state index in [0.717, 1.165) is 18.9 Å². The first-order valence-electron chi connectivity index (χ1n) is 8.91. The SMILES string of the molecule is CCC(CC)Nc1cc(C)nc(Oc2c(F)cc(Cl)cc2OC)c1C(=O)OC. The largest absolute Gasteiger partial charge is 0.493 e. The highest BCUT2D eigenvalue weighted by molar-refractivity contribution is 6.30. The summed E-state index contributed by atoms with van der Waals surface area (Å²) in [6, 6.07) is 4.38. The topological polar surface area (TPSA) is 69.7 Å². The van der Waals surface area contributed by atoms with Gasteiger partial charge in [-0.05, 0) is 31.9 Å². The summed E-state index contributed by atoms with van der Waals surface area (Å²) in [7, 11) is 2.62. The molecule has 1 aromatic carbocycles. The number of rotatable bonds is 8. The number of nitrogens with one attached hydrogen (secondary N) is 1. The number of esters is 1. The number of hydrogen-bond acceptors (Lipinski definition) is 6. The number of hydrogen-bond donors (Lipinski definition) is 1. The van der Waals surface area contributed by atoms with Gasteiger partial charge in [-0.1, -0.05) is 25.4 Å². The van der Waals surface area contributed by atoms with Crippen molar-refractivity contribution in [3.05, 3.63) is 40.3 Å². The van der Waals surface area contributed by atoms with Gasteiger partial charge in [0.15, 0.2) is 11.6 Å². The first-order chi connectivity index (χ1) is 13.3. The molecule has 1 heterocycles. The van der Waals surface area contributed by atoms with E-state index in [0.29, 0.717) is 11.4 Å². The Hall–Kier alpha value is -2.54. The summed E-state index contributed by atoms with van der Waals surface area (Å²) in [5.41, 5.74) is 1.18. The highest BCUT2D eigenvalue weighted by Gasteiger charge is 2.25. The van der Waals surface area contributed by atoms with Crippen LogP contribution in [-0.2, 0) is 4.74 Å². The number of benzene rings is 1. The van der Waals surface area contributed by atoms with Gasteiger partial charge in [0, 0.05) is 22.8 Å². The van der Waals surface area contributed by atoms with Crippen LogP contribution in [0.3, 0.4) is 0 Å². The monoisotopic (exact) mass is 410 g/mol. The van der Waals surface area contributed by atoms with Crippen molar-refractivity contribution in [3.63, 3.8) is 0 Å². The quantitative estimate of drug-likeness (QED) is 0.590. The van der Waals surface area contributed by atoms with E-state index in [-0.39, 0.29) is 34.0 Å². The first kappa shape index (κ1) is 21.8. The highest BCUT2D eigenvalue weighted by Crippen LogP contribution is 2.39. The average Bonchev–Trinajstić information content (AvgIpc) is 2.66. The minimum Gasteiger partial charge on any atom is -0.493 e. The van der Waals surface area contributed by atoms with Gasteiger partial charge in [0.2, 0.25) is 11.6 Å². The number of carbonyl (C=O) groups is 1.